The van der Waals surface area contributed by atoms with Gasteiger partial charge in [0.2, 0.25) is 5.91 Å². The first kappa shape index (κ1) is 20.1. The molecule has 0 bridgehead atoms. The summed E-state index contributed by atoms with van der Waals surface area (Å²) in [6, 6.07) is 8.24. The van der Waals surface area contributed by atoms with Gasteiger partial charge >= 0.3 is 0 Å². The highest BCUT2D eigenvalue weighted by Gasteiger charge is 2.14. The monoisotopic (exact) mass is 464 g/mol. The van der Waals surface area contributed by atoms with Gasteiger partial charge in [-0.1, -0.05) is 15.9 Å². The summed E-state index contributed by atoms with van der Waals surface area (Å²) < 4.78 is 1.07. The number of hydrogen-bond acceptors (Lipinski definition) is 6. The molecule has 0 fully saturated rings. The molecule has 27 heavy (non-hydrogen) atoms. The van der Waals surface area contributed by atoms with Gasteiger partial charge in [-0.05, 0) is 43.7 Å². The van der Waals surface area contributed by atoms with Crippen molar-refractivity contribution in [2.75, 3.05) is 18.4 Å². The highest BCUT2D eigenvalue weighted by Crippen LogP contribution is 2.34. The molecule has 0 spiro atoms. The minimum atomic E-state index is -0.0289. The Morgan fingerprint density at radius 3 is 2.63 bits per heavy atom. The molecule has 3 rings (SSSR count). The Kier molecular flexibility index (Phi) is 6.73. The predicted molar refractivity (Wildman–Crippen MR) is 118 cm³/mol. The lowest BCUT2D eigenvalue weighted by Crippen LogP contribution is -2.26. The van der Waals surface area contributed by atoms with Crippen molar-refractivity contribution in [1.29, 1.82) is 0 Å². The molecule has 3 aromatic rings. The highest BCUT2D eigenvalue weighted by molar-refractivity contribution is 9.10. The highest BCUT2D eigenvalue weighted by atomic mass is 79.9. The Balaban J connectivity index is 1.80. The standard InChI is InChI=1S/C19H21BrN4OS2/c1-11-12(2)27-19-17(11)18(22-9-8-21-13(3)25)23-16(24-19)10-26-15-6-4-14(20)5-7-15/h4-7H,8-10H2,1-3H3,(H,21,25)(H,22,23,24). The fourth-order valence-electron chi connectivity index (χ4n) is 2.58. The third-order valence-electron chi connectivity index (χ3n) is 4.05. The van der Waals surface area contributed by atoms with Crippen molar-refractivity contribution in [3.8, 4) is 0 Å². The van der Waals surface area contributed by atoms with E-state index in [-0.39, 0.29) is 5.91 Å². The van der Waals surface area contributed by atoms with Crippen molar-refractivity contribution >= 4 is 61.0 Å². The van der Waals surface area contributed by atoms with Crippen LogP contribution in [-0.4, -0.2) is 29.0 Å². The number of fused-ring (bicyclic) bond motifs is 1. The van der Waals surface area contributed by atoms with Gasteiger partial charge in [0.1, 0.15) is 16.5 Å². The average Bonchev–Trinajstić information content (AvgIpc) is 2.92. The Morgan fingerprint density at radius 2 is 1.93 bits per heavy atom. The molecule has 142 valence electrons. The summed E-state index contributed by atoms with van der Waals surface area (Å²) in [5.41, 5.74) is 1.21. The van der Waals surface area contributed by atoms with E-state index in [1.54, 1.807) is 23.1 Å². The van der Waals surface area contributed by atoms with E-state index in [0.717, 1.165) is 26.3 Å². The second-order valence-corrected chi connectivity index (χ2v) is 9.27. The van der Waals surface area contributed by atoms with Crippen LogP contribution in [0, 0.1) is 13.8 Å². The van der Waals surface area contributed by atoms with Gasteiger partial charge in [0.05, 0.1) is 11.1 Å². The maximum atomic E-state index is 11.1. The number of aromatic nitrogens is 2. The molecule has 0 aliphatic rings. The van der Waals surface area contributed by atoms with Crippen LogP contribution in [0.1, 0.15) is 23.2 Å². The summed E-state index contributed by atoms with van der Waals surface area (Å²) in [6.45, 7) is 6.92. The Bertz CT molecular complexity index is 956. The van der Waals surface area contributed by atoms with Gasteiger partial charge in [0, 0.05) is 34.3 Å². The van der Waals surface area contributed by atoms with E-state index >= 15 is 0 Å². The van der Waals surface area contributed by atoms with Crippen molar-refractivity contribution < 1.29 is 4.79 Å². The SMILES string of the molecule is CC(=O)NCCNc1nc(CSc2ccc(Br)cc2)nc2sc(C)c(C)c12. The van der Waals surface area contributed by atoms with Crippen LogP contribution < -0.4 is 10.6 Å². The Hall–Kier alpha value is -1.64. The van der Waals surface area contributed by atoms with Crippen molar-refractivity contribution in [3.63, 3.8) is 0 Å². The number of benzene rings is 1. The number of amides is 1. The van der Waals surface area contributed by atoms with Gasteiger partial charge in [-0.2, -0.15) is 0 Å². The van der Waals surface area contributed by atoms with Crippen molar-refractivity contribution in [1.82, 2.24) is 15.3 Å². The summed E-state index contributed by atoms with van der Waals surface area (Å²) in [5.74, 6) is 2.32. The van der Waals surface area contributed by atoms with Crippen LogP contribution in [0.3, 0.4) is 0 Å². The first-order valence-corrected chi connectivity index (χ1v) is 11.2. The minimum absolute atomic E-state index is 0.0289. The maximum absolute atomic E-state index is 11.1. The fraction of sp³-hybridized carbons (Fsp3) is 0.316. The molecule has 0 saturated carbocycles. The molecular formula is C19H21BrN4OS2. The number of hydrogen-bond donors (Lipinski definition) is 2. The van der Waals surface area contributed by atoms with Gasteiger partial charge in [0.25, 0.3) is 0 Å². The average molecular weight is 465 g/mol. The molecule has 0 unspecified atom stereocenters. The lowest BCUT2D eigenvalue weighted by molar-refractivity contribution is -0.118. The third-order valence-corrected chi connectivity index (χ3v) is 6.69. The lowest BCUT2D eigenvalue weighted by atomic mass is 10.2. The molecule has 0 radical (unpaired) electrons. The second-order valence-electron chi connectivity index (χ2n) is 6.10. The Labute approximate surface area is 175 Å². The molecule has 2 aromatic heterocycles. The summed E-state index contributed by atoms with van der Waals surface area (Å²) in [4.78, 5) is 24.0. The normalized spacial score (nSPS) is 11.0. The molecule has 0 aliphatic carbocycles. The van der Waals surface area contributed by atoms with Crippen LogP contribution in [0.15, 0.2) is 33.6 Å². The summed E-state index contributed by atoms with van der Waals surface area (Å²) in [5, 5.41) is 7.25. The van der Waals surface area contributed by atoms with Gasteiger partial charge in [-0.3, -0.25) is 4.79 Å². The number of rotatable bonds is 7. The van der Waals surface area contributed by atoms with Gasteiger partial charge in [-0.25, -0.2) is 9.97 Å². The van der Waals surface area contributed by atoms with Gasteiger partial charge < -0.3 is 10.6 Å². The Morgan fingerprint density at radius 1 is 1.19 bits per heavy atom. The molecule has 2 heterocycles. The van der Waals surface area contributed by atoms with E-state index in [1.807, 2.05) is 12.1 Å². The molecule has 0 atom stereocenters. The predicted octanol–water partition coefficient (Wildman–Crippen LogP) is 4.91. The van der Waals surface area contributed by atoms with E-state index in [4.69, 9.17) is 9.97 Å². The van der Waals surface area contributed by atoms with Crippen LogP contribution in [0.5, 0.6) is 0 Å². The molecule has 0 aliphatic heterocycles. The molecule has 8 heteroatoms. The van der Waals surface area contributed by atoms with Crippen molar-refractivity contribution in [3.05, 3.63) is 45.0 Å². The van der Waals surface area contributed by atoms with E-state index < -0.39 is 0 Å². The van der Waals surface area contributed by atoms with Gasteiger partial charge in [0.15, 0.2) is 0 Å². The number of carbonyl (C=O) groups is 1. The topological polar surface area (TPSA) is 66.9 Å². The number of nitrogens with zero attached hydrogens (tertiary/aromatic N) is 2. The number of thioether (sulfide) groups is 1. The zero-order valence-electron chi connectivity index (χ0n) is 15.4. The molecule has 5 nitrogen and oxygen atoms in total. The number of halogens is 1. The number of thiophene rings is 1. The lowest BCUT2D eigenvalue weighted by Gasteiger charge is -2.10. The van der Waals surface area contributed by atoms with Crippen LogP contribution in [0.25, 0.3) is 10.2 Å². The number of aryl methyl sites for hydroxylation is 2. The molecule has 1 amide bonds. The fourth-order valence-corrected chi connectivity index (χ4v) is 4.65. The smallest absolute Gasteiger partial charge is 0.216 e. The van der Waals surface area contributed by atoms with Crippen molar-refractivity contribution in [2.24, 2.45) is 0 Å². The van der Waals surface area contributed by atoms with Crippen LogP contribution in [-0.2, 0) is 10.5 Å². The number of carbonyl (C=O) groups excluding carboxylic acids is 1. The first-order chi connectivity index (χ1) is 12.9. The van der Waals surface area contributed by atoms with E-state index in [2.05, 4.69) is 52.5 Å². The molecular weight excluding hydrogens is 444 g/mol. The molecule has 1 aromatic carbocycles. The largest absolute Gasteiger partial charge is 0.368 e. The zero-order chi connectivity index (χ0) is 19.4. The quantitative estimate of drug-likeness (QED) is 0.383. The summed E-state index contributed by atoms with van der Waals surface area (Å²) in [7, 11) is 0. The number of anilines is 1. The first-order valence-electron chi connectivity index (χ1n) is 8.57. The zero-order valence-corrected chi connectivity index (χ0v) is 18.6. The third kappa shape index (κ3) is 5.21. The minimum Gasteiger partial charge on any atom is -0.368 e. The molecule has 2 N–H and O–H groups in total. The van der Waals surface area contributed by atoms with Crippen LogP contribution in [0.2, 0.25) is 0 Å². The molecule has 0 saturated heterocycles. The van der Waals surface area contributed by atoms with Gasteiger partial charge in [-0.15, -0.1) is 23.1 Å². The second kappa shape index (κ2) is 9.03. The summed E-state index contributed by atoms with van der Waals surface area (Å²) >= 11 is 6.87. The number of nitrogens with one attached hydrogen (secondary N) is 2. The van der Waals surface area contributed by atoms with Crippen LogP contribution in [0.4, 0.5) is 5.82 Å². The van der Waals surface area contributed by atoms with E-state index in [9.17, 15) is 4.79 Å². The summed E-state index contributed by atoms with van der Waals surface area (Å²) in [6.07, 6.45) is 0. The maximum Gasteiger partial charge on any atom is 0.216 e. The van der Waals surface area contributed by atoms with Crippen LogP contribution >= 0.6 is 39.0 Å². The van der Waals surface area contributed by atoms with Crippen molar-refractivity contribution in [2.45, 2.75) is 31.4 Å². The van der Waals surface area contributed by atoms with E-state index in [1.165, 1.54) is 22.3 Å². The van der Waals surface area contributed by atoms with E-state index in [0.29, 0.717) is 18.8 Å².